The van der Waals surface area contributed by atoms with Crippen LogP contribution in [0.3, 0.4) is 0 Å². The number of carboxylic acids is 1. The zero-order valence-corrected chi connectivity index (χ0v) is 12.9. The van der Waals surface area contributed by atoms with Gasteiger partial charge in [0, 0.05) is 36.3 Å². The molecule has 1 atom stereocenters. The highest BCUT2D eigenvalue weighted by molar-refractivity contribution is 9.10. The molecule has 2 N–H and O–H groups in total. The first-order valence-electron chi connectivity index (χ1n) is 6.51. The van der Waals surface area contributed by atoms with Gasteiger partial charge in [-0.15, -0.1) is 0 Å². The molecule has 1 aromatic heterocycles. The van der Waals surface area contributed by atoms with E-state index in [0.29, 0.717) is 10.3 Å². The molecule has 0 spiro atoms. The summed E-state index contributed by atoms with van der Waals surface area (Å²) in [6.07, 6.45) is 1.59. The number of halogens is 1. The summed E-state index contributed by atoms with van der Waals surface area (Å²) >= 11 is 3.23. The molecule has 1 aromatic rings. The van der Waals surface area contributed by atoms with Crippen LogP contribution >= 0.6 is 15.9 Å². The van der Waals surface area contributed by atoms with Crippen LogP contribution < -0.4 is 5.32 Å². The molecular formula is C13H18BrN3O3. The average Bonchev–Trinajstić information content (AvgIpc) is 2.41. The third kappa shape index (κ3) is 4.16. The molecule has 0 amide bonds. The number of pyridine rings is 1. The lowest BCUT2D eigenvalue weighted by Crippen LogP contribution is -2.42. The fourth-order valence-electron chi connectivity index (χ4n) is 2.17. The number of morpholine rings is 1. The average molecular weight is 344 g/mol. The molecule has 0 bridgehead atoms. The SMILES string of the molecule is CC(CN1CCOCC1)Nc1ncc(Br)cc1C(=O)O. The molecule has 7 heteroatoms. The summed E-state index contributed by atoms with van der Waals surface area (Å²) in [5.41, 5.74) is 0.174. The Kier molecular flexibility index (Phi) is 5.33. The molecule has 1 unspecified atom stereocenters. The Morgan fingerprint density at radius 3 is 2.95 bits per heavy atom. The highest BCUT2D eigenvalue weighted by Gasteiger charge is 2.17. The van der Waals surface area contributed by atoms with E-state index in [0.717, 1.165) is 32.8 Å². The number of hydrogen-bond acceptors (Lipinski definition) is 5. The third-order valence-corrected chi connectivity index (χ3v) is 3.54. The van der Waals surface area contributed by atoms with E-state index in [4.69, 9.17) is 4.74 Å². The van der Waals surface area contributed by atoms with Gasteiger partial charge in [0.15, 0.2) is 0 Å². The second kappa shape index (κ2) is 7.01. The van der Waals surface area contributed by atoms with Crippen molar-refractivity contribution in [2.45, 2.75) is 13.0 Å². The van der Waals surface area contributed by atoms with E-state index < -0.39 is 5.97 Å². The maximum atomic E-state index is 11.2. The number of ether oxygens (including phenoxy) is 1. The van der Waals surface area contributed by atoms with Gasteiger partial charge in [-0.3, -0.25) is 4.90 Å². The Morgan fingerprint density at radius 2 is 2.30 bits per heavy atom. The summed E-state index contributed by atoms with van der Waals surface area (Å²) in [5.74, 6) is -0.582. The molecule has 2 heterocycles. The normalized spacial score (nSPS) is 17.7. The predicted molar refractivity (Wildman–Crippen MR) is 79.2 cm³/mol. The Labute approximate surface area is 126 Å². The van der Waals surface area contributed by atoms with Gasteiger partial charge in [-0.1, -0.05) is 0 Å². The summed E-state index contributed by atoms with van der Waals surface area (Å²) < 4.78 is 5.96. The minimum Gasteiger partial charge on any atom is -0.478 e. The number of carbonyl (C=O) groups is 1. The lowest BCUT2D eigenvalue weighted by atomic mass is 10.2. The van der Waals surface area contributed by atoms with Gasteiger partial charge in [0.2, 0.25) is 0 Å². The molecule has 2 rings (SSSR count). The summed E-state index contributed by atoms with van der Waals surface area (Å²) in [7, 11) is 0. The number of hydrogen-bond donors (Lipinski definition) is 2. The number of rotatable bonds is 5. The summed E-state index contributed by atoms with van der Waals surface area (Å²) in [6.45, 7) is 6.18. The van der Waals surface area contributed by atoms with E-state index in [1.54, 1.807) is 12.3 Å². The molecule has 1 fully saturated rings. The zero-order chi connectivity index (χ0) is 14.5. The van der Waals surface area contributed by atoms with Crippen molar-refractivity contribution >= 4 is 27.7 Å². The topological polar surface area (TPSA) is 74.7 Å². The lowest BCUT2D eigenvalue weighted by Gasteiger charge is -2.29. The van der Waals surface area contributed by atoms with Crippen molar-refractivity contribution in [3.8, 4) is 0 Å². The van der Waals surface area contributed by atoms with E-state index in [1.165, 1.54) is 0 Å². The van der Waals surface area contributed by atoms with Crippen LogP contribution in [0.15, 0.2) is 16.7 Å². The van der Waals surface area contributed by atoms with Crippen LogP contribution in [0.1, 0.15) is 17.3 Å². The zero-order valence-electron chi connectivity index (χ0n) is 11.3. The summed E-state index contributed by atoms with van der Waals surface area (Å²) in [5, 5.41) is 12.4. The van der Waals surface area contributed by atoms with Crippen molar-refractivity contribution < 1.29 is 14.6 Å². The Bertz CT molecular complexity index is 478. The lowest BCUT2D eigenvalue weighted by molar-refractivity contribution is 0.0368. The molecule has 6 nitrogen and oxygen atoms in total. The van der Waals surface area contributed by atoms with Crippen molar-refractivity contribution in [3.05, 3.63) is 22.3 Å². The molecule has 0 saturated carbocycles. The number of aromatic carboxylic acids is 1. The molecule has 1 saturated heterocycles. The van der Waals surface area contributed by atoms with Crippen LogP contribution in [-0.4, -0.2) is 59.8 Å². The van der Waals surface area contributed by atoms with Gasteiger partial charge >= 0.3 is 5.97 Å². The van der Waals surface area contributed by atoms with Crippen molar-refractivity contribution in [1.82, 2.24) is 9.88 Å². The van der Waals surface area contributed by atoms with Crippen molar-refractivity contribution in [2.24, 2.45) is 0 Å². The Balaban J connectivity index is 1.99. The van der Waals surface area contributed by atoms with Crippen molar-refractivity contribution in [3.63, 3.8) is 0 Å². The first-order chi connectivity index (χ1) is 9.56. The van der Waals surface area contributed by atoms with Gasteiger partial charge < -0.3 is 15.2 Å². The molecular weight excluding hydrogens is 326 g/mol. The highest BCUT2D eigenvalue weighted by atomic mass is 79.9. The van der Waals surface area contributed by atoms with Crippen LogP contribution in [0.2, 0.25) is 0 Å². The van der Waals surface area contributed by atoms with E-state index >= 15 is 0 Å². The number of nitrogens with zero attached hydrogens (tertiary/aromatic N) is 2. The number of aromatic nitrogens is 1. The van der Waals surface area contributed by atoms with Crippen molar-refractivity contribution in [2.75, 3.05) is 38.2 Å². The van der Waals surface area contributed by atoms with E-state index in [2.05, 4.69) is 31.1 Å². The number of carboxylic acid groups (broad SMARTS) is 1. The van der Waals surface area contributed by atoms with E-state index in [-0.39, 0.29) is 11.6 Å². The molecule has 0 aliphatic carbocycles. The number of anilines is 1. The fraction of sp³-hybridized carbons (Fsp3) is 0.538. The maximum Gasteiger partial charge on any atom is 0.339 e. The first kappa shape index (κ1) is 15.2. The summed E-state index contributed by atoms with van der Waals surface area (Å²) in [6, 6.07) is 1.67. The minimum absolute atomic E-state index is 0.111. The van der Waals surface area contributed by atoms with Crippen LogP contribution in [0, 0.1) is 0 Å². The van der Waals surface area contributed by atoms with Gasteiger partial charge in [0.25, 0.3) is 0 Å². The van der Waals surface area contributed by atoms with Crippen LogP contribution in [-0.2, 0) is 4.74 Å². The second-order valence-corrected chi connectivity index (χ2v) is 5.73. The first-order valence-corrected chi connectivity index (χ1v) is 7.31. The molecule has 0 radical (unpaired) electrons. The minimum atomic E-state index is -0.986. The molecule has 1 aliphatic rings. The molecule has 1 aliphatic heterocycles. The highest BCUT2D eigenvalue weighted by Crippen LogP contribution is 2.19. The maximum absolute atomic E-state index is 11.2. The number of nitrogens with one attached hydrogen (secondary N) is 1. The Morgan fingerprint density at radius 1 is 1.60 bits per heavy atom. The quantitative estimate of drug-likeness (QED) is 0.847. The van der Waals surface area contributed by atoms with Crippen LogP contribution in [0.5, 0.6) is 0 Å². The fourth-order valence-corrected chi connectivity index (χ4v) is 2.50. The van der Waals surface area contributed by atoms with Gasteiger partial charge in [0.1, 0.15) is 11.4 Å². The Hall–Kier alpha value is -1.18. The summed E-state index contributed by atoms with van der Waals surface area (Å²) in [4.78, 5) is 17.7. The van der Waals surface area contributed by atoms with E-state index in [9.17, 15) is 9.90 Å². The standard InChI is InChI=1S/C13H18BrN3O3/c1-9(8-17-2-4-20-5-3-17)16-12-11(13(18)19)6-10(14)7-15-12/h6-7,9H,2-5,8H2,1H3,(H,15,16)(H,18,19). The van der Waals surface area contributed by atoms with Gasteiger partial charge in [-0.05, 0) is 28.9 Å². The predicted octanol–water partition coefficient (Wildman–Crippen LogP) is 1.67. The smallest absolute Gasteiger partial charge is 0.339 e. The third-order valence-electron chi connectivity index (χ3n) is 3.10. The monoisotopic (exact) mass is 343 g/mol. The van der Waals surface area contributed by atoms with Crippen LogP contribution in [0.4, 0.5) is 5.82 Å². The van der Waals surface area contributed by atoms with Crippen LogP contribution in [0.25, 0.3) is 0 Å². The molecule has 20 heavy (non-hydrogen) atoms. The molecule has 0 aromatic carbocycles. The largest absolute Gasteiger partial charge is 0.478 e. The second-order valence-electron chi connectivity index (χ2n) is 4.81. The van der Waals surface area contributed by atoms with Crippen molar-refractivity contribution in [1.29, 1.82) is 0 Å². The van der Waals surface area contributed by atoms with Gasteiger partial charge in [-0.25, -0.2) is 9.78 Å². The molecule has 110 valence electrons. The van der Waals surface area contributed by atoms with Gasteiger partial charge in [-0.2, -0.15) is 0 Å². The van der Waals surface area contributed by atoms with Gasteiger partial charge in [0.05, 0.1) is 13.2 Å². The van der Waals surface area contributed by atoms with E-state index in [1.807, 2.05) is 6.92 Å².